The summed E-state index contributed by atoms with van der Waals surface area (Å²) in [7, 11) is 0. The highest BCUT2D eigenvalue weighted by molar-refractivity contribution is 5.75. The Morgan fingerprint density at radius 1 is 1.25 bits per heavy atom. The largest absolute Gasteiger partial charge is 0.444 e. The molecule has 1 atom stereocenters. The van der Waals surface area contributed by atoms with Gasteiger partial charge in [0.2, 0.25) is 0 Å². The number of rotatable bonds is 3. The first-order valence-electron chi connectivity index (χ1n) is 9.53. The third-order valence-corrected chi connectivity index (χ3v) is 4.65. The van der Waals surface area contributed by atoms with E-state index in [0.29, 0.717) is 6.54 Å². The smallest absolute Gasteiger partial charge is 0.407 e. The highest BCUT2D eigenvalue weighted by atomic mass is 16.6. The summed E-state index contributed by atoms with van der Waals surface area (Å²) in [6.07, 6.45) is 4.10. The number of nitrogens with one attached hydrogen (secondary N) is 1. The lowest BCUT2D eigenvalue weighted by Crippen LogP contribution is -2.40. The molecule has 1 saturated heterocycles. The van der Waals surface area contributed by atoms with E-state index in [9.17, 15) is 4.79 Å². The molecule has 0 bridgehead atoms. The van der Waals surface area contributed by atoms with Gasteiger partial charge in [-0.1, -0.05) is 30.3 Å². The molecule has 0 saturated carbocycles. The van der Waals surface area contributed by atoms with Crippen LogP contribution in [0.4, 0.5) is 10.6 Å². The number of hydrogen-bond acceptors (Lipinski definition) is 5. The van der Waals surface area contributed by atoms with Crippen LogP contribution in [0.1, 0.15) is 27.2 Å². The Morgan fingerprint density at radius 3 is 2.79 bits per heavy atom. The Hall–Kier alpha value is -3.09. The van der Waals surface area contributed by atoms with Gasteiger partial charge >= 0.3 is 6.09 Å². The Labute approximate surface area is 164 Å². The van der Waals surface area contributed by atoms with Gasteiger partial charge in [-0.2, -0.15) is 5.10 Å². The van der Waals surface area contributed by atoms with E-state index in [1.54, 1.807) is 6.20 Å². The van der Waals surface area contributed by atoms with Crippen LogP contribution in [0.3, 0.4) is 0 Å². The lowest BCUT2D eigenvalue weighted by atomic mass is 10.1. The van der Waals surface area contributed by atoms with Gasteiger partial charge in [0.05, 0.1) is 11.7 Å². The summed E-state index contributed by atoms with van der Waals surface area (Å²) in [5.41, 5.74) is 2.45. The zero-order chi connectivity index (χ0) is 19.7. The Morgan fingerprint density at radius 2 is 2.04 bits per heavy atom. The van der Waals surface area contributed by atoms with Gasteiger partial charge in [0.25, 0.3) is 0 Å². The summed E-state index contributed by atoms with van der Waals surface area (Å²) in [6.45, 7) is 7.10. The highest BCUT2D eigenvalue weighted by Gasteiger charge is 2.28. The Kier molecular flexibility index (Phi) is 4.66. The minimum absolute atomic E-state index is 0.0356. The van der Waals surface area contributed by atoms with Crippen molar-refractivity contribution in [3.63, 3.8) is 0 Å². The summed E-state index contributed by atoms with van der Waals surface area (Å²) in [5, 5.41) is 7.64. The predicted molar refractivity (Wildman–Crippen MR) is 108 cm³/mol. The summed E-state index contributed by atoms with van der Waals surface area (Å²) in [5.74, 6) is 0.880. The minimum atomic E-state index is -0.499. The number of hydrogen-bond donors (Lipinski definition) is 1. The minimum Gasteiger partial charge on any atom is -0.444 e. The molecule has 28 heavy (non-hydrogen) atoms. The van der Waals surface area contributed by atoms with Crippen molar-refractivity contribution in [3.05, 3.63) is 48.8 Å². The molecule has 0 aliphatic carbocycles. The number of carbonyl (C=O) groups excluding carboxylic acids is 1. The van der Waals surface area contributed by atoms with Gasteiger partial charge in [0.1, 0.15) is 11.1 Å². The summed E-state index contributed by atoms with van der Waals surface area (Å²) < 4.78 is 7.23. The second-order valence-electron chi connectivity index (χ2n) is 8.05. The van der Waals surface area contributed by atoms with Gasteiger partial charge in [-0.25, -0.2) is 14.3 Å². The zero-order valence-corrected chi connectivity index (χ0v) is 16.4. The van der Waals surface area contributed by atoms with E-state index in [1.807, 2.05) is 61.8 Å². The number of ether oxygens (including phenoxy) is 1. The number of anilines is 1. The molecular formula is C21H25N5O2. The molecule has 4 rings (SSSR count). The number of carbonyl (C=O) groups is 1. The van der Waals surface area contributed by atoms with Gasteiger partial charge in [0.15, 0.2) is 5.82 Å². The maximum absolute atomic E-state index is 12.0. The molecule has 7 nitrogen and oxygen atoms in total. The number of fused-ring (bicyclic) bond motifs is 1. The first kappa shape index (κ1) is 18.3. The van der Waals surface area contributed by atoms with Gasteiger partial charge in [-0.05, 0) is 33.3 Å². The van der Waals surface area contributed by atoms with E-state index in [4.69, 9.17) is 4.74 Å². The highest BCUT2D eigenvalue weighted by Crippen LogP contribution is 2.27. The van der Waals surface area contributed by atoms with Crippen molar-refractivity contribution in [1.29, 1.82) is 0 Å². The fourth-order valence-corrected chi connectivity index (χ4v) is 3.45. The molecule has 1 fully saturated rings. The second-order valence-corrected chi connectivity index (χ2v) is 8.05. The standard InChI is InChI=1S/C21H25N5O2/c1-21(2,3)28-20(27)23-16-9-11-25(14-16)19-18-13-17(15-7-5-4-6-8-15)24-26(18)12-10-22-19/h4-8,10,12-13,16H,9,11,14H2,1-3H3,(H,23,27). The fourth-order valence-electron chi connectivity index (χ4n) is 3.45. The lowest BCUT2D eigenvalue weighted by molar-refractivity contribution is 0.0509. The van der Waals surface area contributed by atoms with Gasteiger partial charge < -0.3 is 15.0 Å². The quantitative estimate of drug-likeness (QED) is 0.754. The number of nitrogens with zero attached hydrogens (tertiary/aromatic N) is 4. The monoisotopic (exact) mass is 379 g/mol. The van der Waals surface area contributed by atoms with Crippen LogP contribution in [-0.4, -0.2) is 45.4 Å². The van der Waals surface area contributed by atoms with E-state index in [0.717, 1.165) is 35.6 Å². The Balaban J connectivity index is 1.52. The molecule has 7 heteroatoms. The van der Waals surface area contributed by atoms with Crippen LogP contribution in [0.5, 0.6) is 0 Å². The van der Waals surface area contributed by atoms with Gasteiger partial charge in [-0.3, -0.25) is 0 Å². The summed E-state index contributed by atoms with van der Waals surface area (Å²) in [6, 6.07) is 12.2. The van der Waals surface area contributed by atoms with Crippen molar-refractivity contribution in [3.8, 4) is 11.3 Å². The van der Waals surface area contributed by atoms with Crippen LogP contribution in [0.2, 0.25) is 0 Å². The molecule has 1 N–H and O–H groups in total. The third kappa shape index (κ3) is 3.93. The molecule has 0 radical (unpaired) electrons. The van der Waals surface area contributed by atoms with E-state index < -0.39 is 5.60 Å². The molecule has 2 aromatic heterocycles. The molecule has 1 aliphatic heterocycles. The van der Waals surface area contributed by atoms with E-state index >= 15 is 0 Å². The molecule has 3 heterocycles. The second kappa shape index (κ2) is 7.14. The van der Waals surface area contributed by atoms with Crippen LogP contribution in [0, 0.1) is 0 Å². The normalized spacial score (nSPS) is 17.1. The molecule has 1 amide bonds. The van der Waals surface area contributed by atoms with Crippen molar-refractivity contribution in [2.45, 2.75) is 38.8 Å². The molecular weight excluding hydrogens is 354 g/mol. The molecule has 3 aromatic rings. The average Bonchev–Trinajstić information content (AvgIpc) is 3.27. The van der Waals surface area contributed by atoms with Gasteiger partial charge in [0, 0.05) is 31.0 Å². The zero-order valence-electron chi connectivity index (χ0n) is 16.4. The molecule has 1 aromatic carbocycles. The number of alkyl carbamates (subject to hydrolysis) is 1. The van der Waals surface area contributed by atoms with Crippen LogP contribution in [-0.2, 0) is 4.74 Å². The average molecular weight is 379 g/mol. The van der Waals surface area contributed by atoms with Crippen LogP contribution < -0.4 is 10.2 Å². The molecule has 1 aliphatic rings. The van der Waals surface area contributed by atoms with E-state index in [-0.39, 0.29) is 12.1 Å². The predicted octanol–water partition coefficient (Wildman–Crippen LogP) is 3.50. The molecule has 146 valence electrons. The number of aromatic nitrogens is 3. The third-order valence-electron chi connectivity index (χ3n) is 4.65. The number of benzene rings is 1. The number of amides is 1. The first-order valence-corrected chi connectivity index (χ1v) is 9.53. The van der Waals surface area contributed by atoms with Crippen molar-refractivity contribution in [2.24, 2.45) is 0 Å². The fraction of sp³-hybridized carbons (Fsp3) is 0.381. The first-order chi connectivity index (χ1) is 13.4. The lowest BCUT2D eigenvalue weighted by Gasteiger charge is -2.22. The molecule has 0 spiro atoms. The van der Waals surface area contributed by atoms with Crippen molar-refractivity contribution in [2.75, 3.05) is 18.0 Å². The van der Waals surface area contributed by atoms with E-state index in [1.165, 1.54) is 0 Å². The maximum atomic E-state index is 12.0. The Bertz CT molecular complexity index is 977. The van der Waals surface area contributed by atoms with Crippen molar-refractivity contribution >= 4 is 17.4 Å². The van der Waals surface area contributed by atoms with Crippen LogP contribution >= 0.6 is 0 Å². The summed E-state index contributed by atoms with van der Waals surface area (Å²) >= 11 is 0. The van der Waals surface area contributed by atoms with Gasteiger partial charge in [-0.15, -0.1) is 0 Å². The topological polar surface area (TPSA) is 71.8 Å². The molecule has 1 unspecified atom stereocenters. The SMILES string of the molecule is CC(C)(C)OC(=O)NC1CCN(c2nccn3nc(-c4ccccc4)cc23)C1. The van der Waals surface area contributed by atoms with Crippen molar-refractivity contribution in [1.82, 2.24) is 19.9 Å². The van der Waals surface area contributed by atoms with E-state index in [2.05, 4.69) is 26.4 Å². The van der Waals surface area contributed by atoms with Crippen LogP contribution in [0.15, 0.2) is 48.8 Å². The van der Waals surface area contributed by atoms with Crippen LogP contribution in [0.25, 0.3) is 16.8 Å². The van der Waals surface area contributed by atoms with Crippen molar-refractivity contribution < 1.29 is 9.53 Å². The maximum Gasteiger partial charge on any atom is 0.407 e. The summed E-state index contributed by atoms with van der Waals surface area (Å²) in [4.78, 5) is 18.8.